The summed E-state index contributed by atoms with van der Waals surface area (Å²) in [5.41, 5.74) is 0.283. The van der Waals surface area contributed by atoms with Gasteiger partial charge in [0, 0.05) is 25.7 Å². The smallest absolute Gasteiger partial charge is 0.329 e. The molecule has 2 aromatic heterocycles. The topological polar surface area (TPSA) is 105 Å². The van der Waals surface area contributed by atoms with Crippen LogP contribution in [0.2, 0.25) is 10.0 Å². The van der Waals surface area contributed by atoms with Gasteiger partial charge in [0.05, 0.1) is 11.6 Å². The molecule has 0 aliphatic carbocycles. The zero-order chi connectivity index (χ0) is 24.4. The molecular formula is C23H23Cl2N5O4. The summed E-state index contributed by atoms with van der Waals surface area (Å²) in [6, 6.07) is 14.5. The highest BCUT2D eigenvalue weighted by Gasteiger charge is 2.22. The lowest BCUT2D eigenvalue weighted by Crippen LogP contribution is -2.31. The summed E-state index contributed by atoms with van der Waals surface area (Å²) in [5, 5.41) is 11.5. The lowest BCUT2D eigenvalue weighted by atomic mass is 10.2. The average molecular weight is 504 g/mol. The molecule has 0 unspecified atom stereocenters. The minimum Gasteiger partial charge on any atom is -0.489 e. The number of benzene rings is 2. The molecule has 0 amide bonds. The van der Waals surface area contributed by atoms with Gasteiger partial charge < -0.3 is 19.3 Å². The minimum atomic E-state index is -1.01. The third kappa shape index (κ3) is 4.96. The van der Waals surface area contributed by atoms with Crippen molar-refractivity contribution in [1.82, 2.24) is 19.1 Å². The number of aromatic amines is 1. The van der Waals surface area contributed by atoms with E-state index >= 15 is 0 Å². The average Bonchev–Trinajstić information content (AvgIpc) is 3.17. The maximum atomic E-state index is 12.7. The lowest BCUT2D eigenvalue weighted by molar-refractivity contribution is 0.0937. The SMILES string of the molecule is CN(Cc1ccccc1)c1nc2c(c(=O)[nH]c(=O)n2C)n1C[C@H](O)COc1ccc(Cl)cc1Cl. The van der Waals surface area contributed by atoms with E-state index < -0.39 is 17.4 Å². The van der Waals surface area contributed by atoms with Gasteiger partial charge in [-0.3, -0.25) is 14.3 Å². The second kappa shape index (κ2) is 9.92. The number of halogens is 2. The Bertz CT molecular complexity index is 1430. The number of nitrogens with one attached hydrogen (secondary N) is 1. The highest BCUT2D eigenvalue weighted by Crippen LogP contribution is 2.28. The molecular weight excluding hydrogens is 481 g/mol. The third-order valence-electron chi connectivity index (χ3n) is 5.31. The molecule has 2 aromatic carbocycles. The van der Waals surface area contributed by atoms with Crippen molar-refractivity contribution in [3.8, 4) is 5.75 Å². The second-order valence-electron chi connectivity index (χ2n) is 7.89. The molecule has 11 heteroatoms. The number of aliphatic hydroxyl groups is 1. The van der Waals surface area contributed by atoms with Crippen LogP contribution in [0.5, 0.6) is 5.75 Å². The summed E-state index contributed by atoms with van der Waals surface area (Å²) in [5.74, 6) is 0.802. The van der Waals surface area contributed by atoms with Crippen LogP contribution in [-0.4, -0.2) is 44.0 Å². The first-order valence-electron chi connectivity index (χ1n) is 10.4. The van der Waals surface area contributed by atoms with E-state index in [-0.39, 0.29) is 24.3 Å². The number of anilines is 1. The fraction of sp³-hybridized carbons (Fsp3) is 0.261. The largest absolute Gasteiger partial charge is 0.489 e. The van der Waals surface area contributed by atoms with E-state index in [0.29, 0.717) is 28.3 Å². The van der Waals surface area contributed by atoms with Crippen molar-refractivity contribution in [1.29, 1.82) is 0 Å². The van der Waals surface area contributed by atoms with Gasteiger partial charge in [0.15, 0.2) is 11.2 Å². The number of ether oxygens (including phenoxy) is 1. The van der Waals surface area contributed by atoms with E-state index in [4.69, 9.17) is 27.9 Å². The molecule has 178 valence electrons. The summed E-state index contributed by atoms with van der Waals surface area (Å²) in [4.78, 5) is 33.6. The highest BCUT2D eigenvalue weighted by molar-refractivity contribution is 6.35. The molecule has 0 fully saturated rings. The summed E-state index contributed by atoms with van der Waals surface area (Å²) in [7, 11) is 3.36. The number of imidazole rings is 1. The van der Waals surface area contributed by atoms with E-state index in [0.717, 1.165) is 5.56 Å². The predicted molar refractivity (Wildman–Crippen MR) is 132 cm³/mol. The van der Waals surface area contributed by atoms with E-state index in [1.54, 1.807) is 22.8 Å². The van der Waals surface area contributed by atoms with Crippen molar-refractivity contribution in [2.24, 2.45) is 7.05 Å². The Balaban J connectivity index is 1.66. The number of aliphatic hydroxyl groups excluding tert-OH is 1. The van der Waals surface area contributed by atoms with Crippen molar-refractivity contribution in [2.45, 2.75) is 19.2 Å². The monoisotopic (exact) mass is 503 g/mol. The number of H-pyrrole nitrogens is 1. The van der Waals surface area contributed by atoms with Crippen LogP contribution in [0.4, 0.5) is 5.95 Å². The first-order chi connectivity index (χ1) is 16.2. The molecule has 0 aliphatic rings. The van der Waals surface area contributed by atoms with Gasteiger partial charge in [0.1, 0.15) is 18.5 Å². The third-order valence-corrected chi connectivity index (χ3v) is 5.84. The molecule has 0 bridgehead atoms. The van der Waals surface area contributed by atoms with Gasteiger partial charge in [0.25, 0.3) is 5.56 Å². The van der Waals surface area contributed by atoms with Crippen LogP contribution in [-0.2, 0) is 20.1 Å². The second-order valence-corrected chi connectivity index (χ2v) is 8.74. The number of aromatic nitrogens is 4. The van der Waals surface area contributed by atoms with Crippen LogP contribution in [0, 0.1) is 0 Å². The standard InChI is InChI=1S/C23H23Cl2N5O4/c1-28(11-14-6-4-3-5-7-14)22-26-20-19(21(32)27-23(33)29(20)2)30(22)12-16(31)13-34-18-9-8-15(24)10-17(18)25/h3-10,16,31H,11-13H2,1-2H3,(H,27,32,33)/t16-/m0/s1. The van der Waals surface area contributed by atoms with Crippen LogP contribution in [0.3, 0.4) is 0 Å². The Kier molecular flexibility index (Phi) is 6.97. The lowest BCUT2D eigenvalue weighted by Gasteiger charge is -2.21. The molecule has 2 heterocycles. The van der Waals surface area contributed by atoms with Crippen LogP contribution in [0.15, 0.2) is 58.1 Å². The van der Waals surface area contributed by atoms with Crippen molar-refractivity contribution >= 4 is 40.3 Å². The number of nitrogens with zero attached hydrogens (tertiary/aromatic N) is 4. The molecule has 0 saturated heterocycles. The summed E-state index contributed by atoms with van der Waals surface area (Å²) in [6.07, 6.45) is -1.01. The van der Waals surface area contributed by atoms with Gasteiger partial charge in [-0.05, 0) is 23.8 Å². The van der Waals surface area contributed by atoms with Crippen molar-refractivity contribution in [2.75, 3.05) is 18.6 Å². The van der Waals surface area contributed by atoms with Gasteiger partial charge in [-0.2, -0.15) is 4.98 Å². The fourth-order valence-corrected chi connectivity index (χ4v) is 4.12. The molecule has 0 aliphatic heterocycles. The highest BCUT2D eigenvalue weighted by atomic mass is 35.5. The van der Waals surface area contributed by atoms with Crippen LogP contribution in [0.25, 0.3) is 11.2 Å². The van der Waals surface area contributed by atoms with E-state index in [9.17, 15) is 14.7 Å². The van der Waals surface area contributed by atoms with E-state index in [1.807, 2.05) is 42.3 Å². The van der Waals surface area contributed by atoms with Gasteiger partial charge in [-0.25, -0.2) is 4.79 Å². The van der Waals surface area contributed by atoms with E-state index in [1.165, 1.54) is 11.6 Å². The number of fused-ring (bicyclic) bond motifs is 1. The Morgan fingerprint density at radius 3 is 2.62 bits per heavy atom. The van der Waals surface area contributed by atoms with Gasteiger partial charge in [0.2, 0.25) is 5.95 Å². The van der Waals surface area contributed by atoms with Crippen molar-refractivity contribution in [3.63, 3.8) is 0 Å². The minimum absolute atomic E-state index is 0.00252. The Morgan fingerprint density at radius 2 is 1.91 bits per heavy atom. The van der Waals surface area contributed by atoms with Crippen LogP contribution in [0.1, 0.15) is 5.56 Å². The van der Waals surface area contributed by atoms with Gasteiger partial charge >= 0.3 is 5.69 Å². The maximum absolute atomic E-state index is 12.7. The number of hydrogen-bond acceptors (Lipinski definition) is 6. The van der Waals surface area contributed by atoms with Crippen molar-refractivity contribution in [3.05, 3.63) is 85.0 Å². The molecule has 0 spiro atoms. The Hall–Kier alpha value is -3.27. The molecule has 2 N–H and O–H groups in total. The fourth-order valence-electron chi connectivity index (χ4n) is 3.66. The predicted octanol–water partition coefficient (Wildman–Crippen LogP) is 2.81. The zero-order valence-corrected chi connectivity index (χ0v) is 20.0. The number of hydrogen-bond donors (Lipinski definition) is 2. The normalized spacial score (nSPS) is 12.1. The molecule has 4 aromatic rings. The Morgan fingerprint density at radius 1 is 1.18 bits per heavy atom. The first-order valence-corrected chi connectivity index (χ1v) is 11.2. The van der Waals surface area contributed by atoms with E-state index in [2.05, 4.69) is 9.97 Å². The molecule has 1 atom stereocenters. The Labute approximate surface area is 204 Å². The number of aryl methyl sites for hydroxylation is 1. The maximum Gasteiger partial charge on any atom is 0.329 e. The summed E-state index contributed by atoms with van der Waals surface area (Å²) in [6.45, 7) is 0.410. The van der Waals surface area contributed by atoms with Crippen molar-refractivity contribution < 1.29 is 9.84 Å². The first kappa shape index (κ1) is 23.9. The summed E-state index contributed by atoms with van der Waals surface area (Å²) >= 11 is 12.1. The molecule has 0 saturated carbocycles. The zero-order valence-electron chi connectivity index (χ0n) is 18.5. The number of rotatable bonds is 8. The van der Waals surface area contributed by atoms with Gasteiger partial charge in [-0.1, -0.05) is 53.5 Å². The van der Waals surface area contributed by atoms with Crippen LogP contribution < -0.4 is 20.9 Å². The van der Waals surface area contributed by atoms with Crippen LogP contribution >= 0.6 is 23.2 Å². The molecule has 0 radical (unpaired) electrons. The van der Waals surface area contributed by atoms with Gasteiger partial charge in [-0.15, -0.1) is 0 Å². The molecule has 34 heavy (non-hydrogen) atoms. The quantitative estimate of drug-likeness (QED) is 0.383. The molecule has 4 rings (SSSR count). The molecule has 9 nitrogen and oxygen atoms in total. The summed E-state index contributed by atoms with van der Waals surface area (Å²) < 4.78 is 8.51.